The van der Waals surface area contributed by atoms with E-state index in [2.05, 4.69) is 86.7 Å². The first-order valence-corrected chi connectivity index (χ1v) is 11.7. The Labute approximate surface area is 187 Å². The van der Waals surface area contributed by atoms with Crippen molar-refractivity contribution in [1.29, 1.82) is 0 Å². The van der Waals surface area contributed by atoms with Crippen LogP contribution in [-0.4, -0.2) is 74.0 Å². The standard InChI is InChI=1S/C26H37N5/c1-27-26(31-16-13-25(21-31)24-7-4-3-5-8-24)28-19-22-9-11-23(12-10-22)20-30-15-6-14-29(2)17-18-30/h3-5,7-12,25H,6,13-21H2,1-2H3,(H,27,28). The Hall–Kier alpha value is -2.37. The van der Waals surface area contributed by atoms with E-state index in [4.69, 9.17) is 0 Å². The average Bonchev–Trinajstić information content (AvgIpc) is 3.20. The molecule has 2 aliphatic rings. The van der Waals surface area contributed by atoms with Gasteiger partial charge in [0, 0.05) is 52.2 Å². The van der Waals surface area contributed by atoms with Crippen LogP contribution >= 0.6 is 0 Å². The van der Waals surface area contributed by atoms with Gasteiger partial charge in [-0.3, -0.25) is 9.89 Å². The Morgan fingerprint density at radius 3 is 2.48 bits per heavy atom. The van der Waals surface area contributed by atoms with Crippen LogP contribution in [0.5, 0.6) is 0 Å². The molecule has 0 radical (unpaired) electrons. The lowest BCUT2D eigenvalue weighted by Crippen LogP contribution is -2.39. The maximum Gasteiger partial charge on any atom is 0.193 e. The first-order valence-electron chi connectivity index (χ1n) is 11.7. The molecule has 0 aliphatic carbocycles. The topological polar surface area (TPSA) is 34.1 Å². The van der Waals surface area contributed by atoms with Crippen molar-refractivity contribution in [2.75, 3.05) is 53.4 Å². The number of likely N-dealkylation sites (N-methyl/N-ethyl adjacent to an activating group) is 1. The van der Waals surface area contributed by atoms with Crippen LogP contribution in [-0.2, 0) is 13.1 Å². The van der Waals surface area contributed by atoms with Gasteiger partial charge in [-0.1, -0.05) is 54.6 Å². The second-order valence-corrected chi connectivity index (χ2v) is 8.99. The van der Waals surface area contributed by atoms with Crippen molar-refractivity contribution in [2.24, 2.45) is 4.99 Å². The Bertz CT molecular complexity index is 833. The molecule has 2 aromatic rings. The number of hydrogen-bond acceptors (Lipinski definition) is 3. The summed E-state index contributed by atoms with van der Waals surface area (Å²) >= 11 is 0. The monoisotopic (exact) mass is 419 g/mol. The molecule has 1 unspecified atom stereocenters. The van der Waals surface area contributed by atoms with Crippen LogP contribution in [0.4, 0.5) is 0 Å². The SMILES string of the molecule is CN=C(NCc1ccc(CN2CCCN(C)CC2)cc1)N1CCC(c2ccccc2)C1. The molecule has 0 saturated carbocycles. The minimum atomic E-state index is 0.595. The first-order chi connectivity index (χ1) is 15.2. The van der Waals surface area contributed by atoms with Crippen molar-refractivity contribution >= 4 is 5.96 Å². The summed E-state index contributed by atoms with van der Waals surface area (Å²) in [6, 6.07) is 20.0. The van der Waals surface area contributed by atoms with Crippen LogP contribution in [0.25, 0.3) is 0 Å². The van der Waals surface area contributed by atoms with Crippen molar-refractivity contribution in [3.63, 3.8) is 0 Å². The van der Waals surface area contributed by atoms with E-state index in [1.54, 1.807) is 0 Å². The van der Waals surface area contributed by atoms with Crippen molar-refractivity contribution < 1.29 is 0 Å². The molecule has 2 aliphatic heterocycles. The average molecular weight is 420 g/mol. The fourth-order valence-corrected chi connectivity index (χ4v) is 4.74. The molecular weight excluding hydrogens is 382 g/mol. The molecule has 5 heteroatoms. The quantitative estimate of drug-likeness (QED) is 0.595. The van der Waals surface area contributed by atoms with E-state index < -0.39 is 0 Å². The molecule has 1 N–H and O–H groups in total. The lowest BCUT2D eigenvalue weighted by atomic mass is 9.99. The zero-order valence-corrected chi connectivity index (χ0v) is 19.1. The highest BCUT2D eigenvalue weighted by atomic mass is 15.3. The lowest BCUT2D eigenvalue weighted by molar-refractivity contribution is 0.269. The third-order valence-corrected chi connectivity index (χ3v) is 6.66. The smallest absolute Gasteiger partial charge is 0.193 e. The number of guanidine groups is 1. The normalized spacial score (nSPS) is 21.3. The molecule has 166 valence electrons. The molecular formula is C26H37N5. The molecule has 2 fully saturated rings. The molecule has 0 bridgehead atoms. The van der Waals surface area contributed by atoms with Gasteiger partial charge in [-0.05, 0) is 49.7 Å². The predicted molar refractivity (Wildman–Crippen MR) is 129 cm³/mol. The van der Waals surface area contributed by atoms with Crippen LogP contribution in [0.3, 0.4) is 0 Å². The Kier molecular flexibility index (Phi) is 7.60. The van der Waals surface area contributed by atoms with E-state index in [0.717, 1.165) is 38.7 Å². The summed E-state index contributed by atoms with van der Waals surface area (Å²) in [6.07, 6.45) is 2.45. The Morgan fingerprint density at radius 2 is 1.71 bits per heavy atom. The number of likely N-dealkylation sites (tertiary alicyclic amines) is 1. The number of benzene rings is 2. The van der Waals surface area contributed by atoms with Gasteiger partial charge in [0.2, 0.25) is 0 Å². The second-order valence-electron chi connectivity index (χ2n) is 8.99. The molecule has 2 saturated heterocycles. The van der Waals surface area contributed by atoms with Crippen molar-refractivity contribution in [3.05, 3.63) is 71.3 Å². The lowest BCUT2D eigenvalue weighted by Gasteiger charge is -2.22. The third kappa shape index (κ3) is 6.08. The van der Waals surface area contributed by atoms with E-state index in [0.29, 0.717) is 5.92 Å². The molecule has 4 rings (SSSR count). The van der Waals surface area contributed by atoms with Gasteiger partial charge in [-0.2, -0.15) is 0 Å². The molecule has 0 amide bonds. The highest BCUT2D eigenvalue weighted by molar-refractivity contribution is 5.80. The number of nitrogens with one attached hydrogen (secondary N) is 1. The van der Waals surface area contributed by atoms with Gasteiger partial charge in [0.15, 0.2) is 5.96 Å². The Balaban J connectivity index is 1.26. The van der Waals surface area contributed by atoms with Gasteiger partial charge >= 0.3 is 0 Å². The summed E-state index contributed by atoms with van der Waals surface area (Å²) in [5, 5.41) is 3.57. The van der Waals surface area contributed by atoms with Crippen LogP contribution in [0, 0.1) is 0 Å². The zero-order valence-electron chi connectivity index (χ0n) is 19.1. The molecule has 0 aromatic heterocycles. The van der Waals surface area contributed by atoms with Crippen molar-refractivity contribution in [1.82, 2.24) is 20.0 Å². The van der Waals surface area contributed by atoms with Crippen molar-refractivity contribution in [3.8, 4) is 0 Å². The maximum atomic E-state index is 4.54. The predicted octanol–water partition coefficient (Wildman–Crippen LogP) is 3.39. The van der Waals surface area contributed by atoms with Gasteiger partial charge in [-0.15, -0.1) is 0 Å². The minimum Gasteiger partial charge on any atom is -0.352 e. The van der Waals surface area contributed by atoms with Gasteiger partial charge in [0.25, 0.3) is 0 Å². The summed E-state index contributed by atoms with van der Waals surface area (Å²) in [5.41, 5.74) is 4.15. The van der Waals surface area contributed by atoms with Gasteiger partial charge in [-0.25, -0.2) is 0 Å². The Morgan fingerprint density at radius 1 is 0.935 bits per heavy atom. The second kappa shape index (κ2) is 10.8. The van der Waals surface area contributed by atoms with E-state index in [1.807, 2.05) is 7.05 Å². The zero-order chi connectivity index (χ0) is 21.5. The van der Waals surface area contributed by atoms with E-state index >= 15 is 0 Å². The van der Waals surface area contributed by atoms with E-state index in [9.17, 15) is 0 Å². The summed E-state index contributed by atoms with van der Waals surface area (Å²) in [6.45, 7) is 8.71. The number of aliphatic imine (C=N–C) groups is 1. The third-order valence-electron chi connectivity index (χ3n) is 6.66. The molecule has 2 aromatic carbocycles. The molecule has 2 heterocycles. The summed E-state index contributed by atoms with van der Waals surface area (Å²) in [7, 11) is 4.11. The highest BCUT2D eigenvalue weighted by Gasteiger charge is 2.25. The minimum absolute atomic E-state index is 0.595. The fourth-order valence-electron chi connectivity index (χ4n) is 4.74. The number of hydrogen-bond donors (Lipinski definition) is 1. The number of nitrogens with zero attached hydrogens (tertiary/aromatic N) is 4. The van der Waals surface area contributed by atoms with Gasteiger partial charge in [0.1, 0.15) is 0 Å². The summed E-state index contributed by atoms with van der Waals surface area (Å²) in [5.74, 6) is 1.61. The van der Waals surface area contributed by atoms with Crippen LogP contribution in [0.2, 0.25) is 0 Å². The van der Waals surface area contributed by atoms with Crippen molar-refractivity contribution in [2.45, 2.75) is 31.8 Å². The van der Waals surface area contributed by atoms with Crippen LogP contribution in [0.15, 0.2) is 59.6 Å². The molecule has 1 atom stereocenters. The van der Waals surface area contributed by atoms with E-state index in [1.165, 1.54) is 49.2 Å². The first kappa shape index (κ1) is 21.8. The van der Waals surface area contributed by atoms with Crippen LogP contribution in [0.1, 0.15) is 35.4 Å². The summed E-state index contributed by atoms with van der Waals surface area (Å²) < 4.78 is 0. The molecule has 0 spiro atoms. The fraction of sp³-hybridized carbons (Fsp3) is 0.500. The molecule has 5 nitrogen and oxygen atoms in total. The van der Waals surface area contributed by atoms with Crippen LogP contribution < -0.4 is 5.32 Å². The largest absolute Gasteiger partial charge is 0.352 e. The summed E-state index contributed by atoms with van der Waals surface area (Å²) in [4.78, 5) is 11.9. The maximum absolute atomic E-state index is 4.54. The van der Waals surface area contributed by atoms with Gasteiger partial charge < -0.3 is 15.1 Å². The molecule has 31 heavy (non-hydrogen) atoms. The van der Waals surface area contributed by atoms with Gasteiger partial charge in [0.05, 0.1) is 0 Å². The number of rotatable bonds is 5. The highest BCUT2D eigenvalue weighted by Crippen LogP contribution is 2.26. The van der Waals surface area contributed by atoms with E-state index in [-0.39, 0.29) is 0 Å².